The Morgan fingerprint density at radius 3 is 1.20 bits per heavy atom. The predicted molar refractivity (Wildman–Crippen MR) is 170 cm³/mol. The minimum Gasteiger partial charge on any atom is -0.508 e. The largest absolute Gasteiger partial charge is 0.508 e. The van der Waals surface area contributed by atoms with Gasteiger partial charge >= 0.3 is 0 Å². The van der Waals surface area contributed by atoms with E-state index in [-0.39, 0.29) is 0 Å². The van der Waals surface area contributed by atoms with Crippen LogP contribution >= 0.6 is 0 Å². The third kappa shape index (κ3) is 6.08. The highest BCUT2D eigenvalue weighted by Gasteiger charge is 2.40. The molecule has 41 heavy (non-hydrogen) atoms. The smallest absolute Gasteiger partial charge is 0.115 e. The van der Waals surface area contributed by atoms with Gasteiger partial charge in [0.25, 0.3) is 0 Å². The lowest BCUT2D eigenvalue weighted by atomic mass is 9.58. The van der Waals surface area contributed by atoms with Gasteiger partial charge in [-0.1, -0.05) is 86.6 Å². The average molecular weight is 545 g/mol. The van der Waals surface area contributed by atoms with Gasteiger partial charge in [0.2, 0.25) is 0 Å². The van der Waals surface area contributed by atoms with Crippen LogP contribution in [-0.2, 0) is 0 Å². The summed E-state index contributed by atoms with van der Waals surface area (Å²) in [5.41, 5.74) is 8.16. The maximum absolute atomic E-state index is 9.66. The van der Waals surface area contributed by atoms with E-state index < -0.39 is 0 Å². The first-order chi connectivity index (χ1) is 19.9. The van der Waals surface area contributed by atoms with Crippen molar-refractivity contribution in [1.82, 2.24) is 0 Å². The summed E-state index contributed by atoms with van der Waals surface area (Å²) in [7, 11) is 0. The number of phenols is 2. The lowest BCUT2D eigenvalue weighted by molar-refractivity contribution is 0.0513. The zero-order chi connectivity index (χ0) is 28.4. The number of aromatic hydroxyl groups is 2. The summed E-state index contributed by atoms with van der Waals surface area (Å²) in [4.78, 5) is 0. The monoisotopic (exact) mass is 544 g/mol. The van der Waals surface area contributed by atoms with Crippen LogP contribution in [0.4, 0.5) is 0 Å². The van der Waals surface area contributed by atoms with Gasteiger partial charge in [-0.25, -0.2) is 0 Å². The minimum atomic E-state index is 0.319. The van der Waals surface area contributed by atoms with Gasteiger partial charge in [0, 0.05) is 0 Å². The molecule has 0 radical (unpaired) electrons. The van der Waals surface area contributed by atoms with Crippen molar-refractivity contribution in [2.75, 3.05) is 0 Å². The molecule has 0 unspecified atom stereocenters. The molecule has 0 amide bonds. The standard InChI is InChI=1S/C39H44O2/c1-39(2,35-17-9-27(10-18-35)31-5-3-7-33(25-31)29-13-21-37(40)22-14-29)36-19-11-28(12-20-36)32-6-4-8-34(26-32)30-15-23-38(41)24-16-30/h3-8,13-16,21-28,35-36,40-41H,9-12,17-20H2,1-2H3. The first-order valence-electron chi connectivity index (χ1n) is 15.7. The number of benzene rings is 4. The van der Waals surface area contributed by atoms with Crippen LogP contribution in [0.25, 0.3) is 22.3 Å². The Hall–Kier alpha value is -3.52. The fourth-order valence-corrected chi connectivity index (χ4v) is 7.93. The van der Waals surface area contributed by atoms with Crippen LogP contribution in [-0.4, -0.2) is 10.2 Å². The molecule has 0 aromatic heterocycles. The molecular formula is C39H44O2. The molecule has 2 nitrogen and oxygen atoms in total. The van der Waals surface area contributed by atoms with E-state index >= 15 is 0 Å². The summed E-state index contributed by atoms with van der Waals surface area (Å²) in [6.45, 7) is 5.14. The van der Waals surface area contributed by atoms with Crippen LogP contribution in [0.15, 0.2) is 97.1 Å². The fourth-order valence-electron chi connectivity index (χ4n) is 7.93. The molecule has 4 aromatic carbocycles. The van der Waals surface area contributed by atoms with Crippen LogP contribution in [0.2, 0.25) is 0 Å². The summed E-state index contributed by atoms with van der Waals surface area (Å²) in [6, 6.07) is 33.3. The average Bonchev–Trinajstić information content (AvgIpc) is 3.02. The first-order valence-corrected chi connectivity index (χ1v) is 15.7. The predicted octanol–water partition coefficient (Wildman–Crippen LogP) is 10.7. The molecule has 2 heteroatoms. The summed E-state index contributed by atoms with van der Waals surface area (Å²) in [5, 5.41) is 19.3. The number of rotatable bonds is 6. The second-order valence-electron chi connectivity index (χ2n) is 13.3. The van der Waals surface area contributed by atoms with E-state index in [1.165, 1.54) is 84.7 Å². The number of phenolic OH excluding ortho intramolecular Hbond substituents is 2. The van der Waals surface area contributed by atoms with Gasteiger partial charge in [-0.15, -0.1) is 0 Å². The summed E-state index contributed by atoms with van der Waals surface area (Å²) >= 11 is 0. The molecule has 0 heterocycles. The Bertz CT molecular complexity index is 1320. The molecule has 212 valence electrons. The summed E-state index contributed by atoms with van der Waals surface area (Å²) in [5.74, 6) is 3.54. The lowest BCUT2D eigenvalue weighted by Gasteiger charge is -2.47. The van der Waals surface area contributed by atoms with Crippen LogP contribution < -0.4 is 0 Å². The zero-order valence-corrected chi connectivity index (χ0v) is 24.6. The third-order valence-electron chi connectivity index (χ3n) is 10.7. The molecule has 2 aliphatic carbocycles. The van der Waals surface area contributed by atoms with Gasteiger partial charge in [0.15, 0.2) is 0 Å². The van der Waals surface area contributed by atoms with Gasteiger partial charge < -0.3 is 10.2 Å². The molecule has 2 fully saturated rings. The van der Waals surface area contributed by atoms with Crippen LogP contribution in [0.5, 0.6) is 11.5 Å². The molecule has 0 bridgehead atoms. The highest BCUT2D eigenvalue weighted by Crippen LogP contribution is 2.52. The van der Waals surface area contributed by atoms with Crippen molar-refractivity contribution in [3.05, 3.63) is 108 Å². The third-order valence-corrected chi connectivity index (χ3v) is 10.7. The van der Waals surface area contributed by atoms with Gasteiger partial charge in [-0.2, -0.15) is 0 Å². The van der Waals surface area contributed by atoms with Crippen molar-refractivity contribution in [3.63, 3.8) is 0 Å². The second kappa shape index (κ2) is 11.8. The van der Waals surface area contributed by atoms with Crippen LogP contribution in [0, 0.1) is 17.3 Å². The quantitative estimate of drug-likeness (QED) is 0.253. The van der Waals surface area contributed by atoms with E-state index in [9.17, 15) is 10.2 Å². The summed E-state index contributed by atoms with van der Waals surface area (Å²) in [6.07, 6.45) is 10.5. The molecule has 0 aliphatic heterocycles. The molecule has 4 aromatic rings. The zero-order valence-electron chi connectivity index (χ0n) is 24.6. The molecule has 2 aliphatic rings. The fraction of sp³-hybridized carbons (Fsp3) is 0.385. The summed E-state index contributed by atoms with van der Waals surface area (Å²) < 4.78 is 0. The van der Waals surface area contributed by atoms with Gasteiger partial charge in [0.1, 0.15) is 11.5 Å². The molecule has 0 atom stereocenters. The maximum atomic E-state index is 9.66. The maximum Gasteiger partial charge on any atom is 0.115 e. The van der Waals surface area contributed by atoms with E-state index in [1.54, 1.807) is 24.3 Å². The van der Waals surface area contributed by atoms with E-state index in [0.717, 1.165) is 11.8 Å². The molecule has 0 saturated heterocycles. The van der Waals surface area contributed by atoms with Crippen molar-refractivity contribution in [2.24, 2.45) is 17.3 Å². The minimum absolute atomic E-state index is 0.319. The normalized spacial score (nSPS) is 23.3. The Kier molecular flexibility index (Phi) is 7.93. The van der Waals surface area contributed by atoms with Gasteiger partial charge in [-0.3, -0.25) is 0 Å². The van der Waals surface area contributed by atoms with Crippen molar-refractivity contribution in [1.29, 1.82) is 0 Å². The van der Waals surface area contributed by atoms with Gasteiger partial charge in [0.05, 0.1) is 0 Å². The van der Waals surface area contributed by atoms with Crippen molar-refractivity contribution in [3.8, 4) is 33.8 Å². The highest BCUT2D eigenvalue weighted by atomic mass is 16.3. The van der Waals surface area contributed by atoms with Crippen molar-refractivity contribution < 1.29 is 10.2 Å². The SMILES string of the molecule is CC(C)(C1CCC(c2cccc(-c3ccc(O)cc3)c2)CC1)C1CCC(c2cccc(-c3ccc(O)cc3)c2)CC1. The Morgan fingerprint density at radius 2 is 0.829 bits per heavy atom. The molecule has 2 N–H and O–H groups in total. The molecule has 2 saturated carbocycles. The number of hydrogen-bond acceptors (Lipinski definition) is 2. The Balaban J connectivity index is 1.05. The van der Waals surface area contributed by atoms with E-state index in [2.05, 4.69) is 62.4 Å². The topological polar surface area (TPSA) is 40.5 Å². The van der Waals surface area contributed by atoms with E-state index in [1.807, 2.05) is 24.3 Å². The lowest BCUT2D eigenvalue weighted by Crippen LogP contribution is -2.36. The first kappa shape index (κ1) is 27.6. The van der Waals surface area contributed by atoms with Crippen molar-refractivity contribution >= 4 is 0 Å². The second-order valence-corrected chi connectivity index (χ2v) is 13.3. The Morgan fingerprint density at radius 1 is 0.463 bits per heavy atom. The molecular weight excluding hydrogens is 500 g/mol. The Labute approximate surface area is 246 Å². The number of hydrogen-bond donors (Lipinski definition) is 2. The van der Waals surface area contributed by atoms with Gasteiger partial charge in [-0.05, 0) is 138 Å². The van der Waals surface area contributed by atoms with Crippen LogP contribution in [0.3, 0.4) is 0 Å². The highest BCUT2D eigenvalue weighted by molar-refractivity contribution is 5.66. The van der Waals surface area contributed by atoms with Crippen molar-refractivity contribution in [2.45, 2.75) is 77.0 Å². The molecule has 0 spiro atoms. The van der Waals surface area contributed by atoms with E-state index in [0.29, 0.717) is 28.7 Å². The van der Waals surface area contributed by atoms with E-state index in [4.69, 9.17) is 0 Å². The molecule has 6 rings (SSSR count). The van der Waals surface area contributed by atoms with Crippen LogP contribution in [0.1, 0.15) is 88.2 Å².